The van der Waals surface area contributed by atoms with Crippen molar-refractivity contribution >= 4 is 7.82 Å². The first-order valence-electron chi connectivity index (χ1n) is 10.7. The molecule has 156 valence electrons. The van der Waals surface area contributed by atoms with E-state index < -0.39 is 7.82 Å². The number of phosphoric acid groups is 1. The average Bonchev–Trinajstić information content (AvgIpc) is 2.66. The van der Waals surface area contributed by atoms with Crippen molar-refractivity contribution in [2.24, 2.45) is 0 Å². The van der Waals surface area contributed by atoms with Crippen molar-refractivity contribution in [2.45, 2.75) is 90.5 Å². The molecule has 27 heavy (non-hydrogen) atoms. The molecule has 1 aromatic rings. The van der Waals surface area contributed by atoms with Crippen LogP contribution in [0.15, 0.2) is 30.6 Å². The van der Waals surface area contributed by atoms with Crippen molar-refractivity contribution in [1.82, 2.24) is 0 Å². The lowest BCUT2D eigenvalue weighted by Gasteiger charge is -2.11. The molecule has 0 aliphatic carbocycles. The Labute approximate surface area is 165 Å². The van der Waals surface area contributed by atoms with Gasteiger partial charge in [-0.05, 0) is 6.42 Å². The zero-order valence-corrected chi connectivity index (χ0v) is 18.0. The fourth-order valence-corrected chi connectivity index (χ4v) is 3.75. The minimum absolute atomic E-state index is 0.154. The number of phosphoric ester groups is 1. The number of nitrogens with zero attached hydrogens (tertiary/aromatic N) is 1. The molecule has 0 saturated heterocycles. The molecule has 1 aromatic heterocycles. The number of hydrogen-bond donors (Lipinski definition) is 1. The zero-order chi connectivity index (χ0) is 19.6. The third-order valence-electron chi connectivity index (χ3n) is 4.63. The summed E-state index contributed by atoms with van der Waals surface area (Å²) in [5.74, 6) is 0. The van der Waals surface area contributed by atoms with Gasteiger partial charge in [-0.15, -0.1) is 0 Å². The minimum atomic E-state index is -3.93. The number of unbranched alkanes of at least 4 members (excludes halogenated alkanes) is 11. The Morgan fingerprint density at radius 2 is 1.22 bits per heavy atom. The quantitative estimate of drug-likeness (QED) is 0.192. The smallest absolute Gasteiger partial charge is 0.302 e. The normalized spacial score (nSPS) is 13.6. The summed E-state index contributed by atoms with van der Waals surface area (Å²) in [6, 6.07) is 5.73. The van der Waals surface area contributed by atoms with Gasteiger partial charge in [0.2, 0.25) is 0 Å². The van der Waals surface area contributed by atoms with E-state index in [4.69, 9.17) is 9.05 Å². The number of pyridine rings is 1. The highest BCUT2D eigenvalue weighted by molar-refractivity contribution is 7.47. The maximum absolute atomic E-state index is 11.8. The molecule has 0 amide bonds. The largest absolute Gasteiger partial charge is 0.472 e. The van der Waals surface area contributed by atoms with Crippen molar-refractivity contribution in [3.8, 4) is 0 Å². The number of aromatic nitrogens is 1. The molecule has 0 aromatic carbocycles. The number of rotatable bonds is 18. The Hall–Kier alpha value is -0.740. The molecule has 5 nitrogen and oxygen atoms in total. The summed E-state index contributed by atoms with van der Waals surface area (Å²) >= 11 is 0. The van der Waals surface area contributed by atoms with E-state index >= 15 is 0 Å². The second kappa shape index (κ2) is 16.2. The summed E-state index contributed by atoms with van der Waals surface area (Å²) in [5.41, 5.74) is 0. The molecule has 0 radical (unpaired) electrons. The summed E-state index contributed by atoms with van der Waals surface area (Å²) in [6.45, 7) is 3.21. The molecule has 1 rings (SSSR count). The van der Waals surface area contributed by atoms with E-state index in [2.05, 4.69) is 6.92 Å². The second-order valence-corrected chi connectivity index (χ2v) is 8.59. The van der Waals surface area contributed by atoms with Crippen LogP contribution in [-0.4, -0.2) is 18.1 Å². The van der Waals surface area contributed by atoms with Gasteiger partial charge in [0.15, 0.2) is 18.9 Å². The first kappa shape index (κ1) is 24.3. The van der Waals surface area contributed by atoms with E-state index in [1.165, 1.54) is 64.2 Å². The zero-order valence-electron chi connectivity index (χ0n) is 17.1. The van der Waals surface area contributed by atoms with Crippen molar-refractivity contribution in [3.05, 3.63) is 30.6 Å². The van der Waals surface area contributed by atoms with Crippen LogP contribution in [0.2, 0.25) is 0 Å². The van der Waals surface area contributed by atoms with E-state index in [0.29, 0.717) is 6.54 Å². The van der Waals surface area contributed by atoms with Crippen LogP contribution in [0.4, 0.5) is 0 Å². The van der Waals surface area contributed by atoms with Crippen molar-refractivity contribution in [2.75, 3.05) is 13.2 Å². The molecule has 1 N–H and O–H groups in total. The fourth-order valence-electron chi connectivity index (χ4n) is 3.01. The molecule has 0 aliphatic heterocycles. The summed E-state index contributed by atoms with van der Waals surface area (Å²) < 4.78 is 23.7. The Morgan fingerprint density at radius 1 is 0.741 bits per heavy atom. The van der Waals surface area contributed by atoms with Gasteiger partial charge in [0, 0.05) is 12.1 Å². The monoisotopic (exact) mass is 400 g/mol. The Kier molecular flexibility index (Phi) is 14.6. The highest BCUT2D eigenvalue weighted by Gasteiger charge is 2.21. The van der Waals surface area contributed by atoms with Gasteiger partial charge < -0.3 is 4.89 Å². The van der Waals surface area contributed by atoms with E-state index in [9.17, 15) is 9.46 Å². The molecule has 6 heteroatoms. The van der Waals surface area contributed by atoms with Gasteiger partial charge in [-0.3, -0.25) is 9.05 Å². The molecule has 0 bridgehead atoms. The highest BCUT2D eigenvalue weighted by atomic mass is 31.2. The Balaban J connectivity index is 1.88. The lowest BCUT2D eigenvalue weighted by molar-refractivity contribution is -0.697. The standard InChI is InChI=1S/C21H38NO4P/c1-2-3-4-5-6-7-8-9-10-11-12-16-20-25-27(23,24)26-21-19-22-17-14-13-15-18-22/h13-15,17-18H,2-12,16,19-21H2,1H3/p+1. The highest BCUT2D eigenvalue weighted by Crippen LogP contribution is 2.43. The maximum Gasteiger partial charge on any atom is 0.472 e. The van der Waals surface area contributed by atoms with Gasteiger partial charge >= 0.3 is 7.82 Å². The summed E-state index contributed by atoms with van der Waals surface area (Å²) in [6.07, 6.45) is 18.9. The SMILES string of the molecule is CCCCCCCCCCCCCCOP(=O)(O)OCC[n+]1ccccc1. The molecule has 1 atom stereocenters. The second-order valence-electron chi connectivity index (χ2n) is 7.14. The van der Waals surface area contributed by atoms with E-state index in [1.807, 2.05) is 35.2 Å². The number of hydrogen-bond acceptors (Lipinski definition) is 3. The lowest BCUT2D eigenvalue weighted by atomic mass is 10.1. The topological polar surface area (TPSA) is 59.6 Å². The van der Waals surface area contributed by atoms with Crippen molar-refractivity contribution in [3.63, 3.8) is 0 Å². The van der Waals surface area contributed by atoms with Crippen LogP contribution in [0.5, 0.6) is 0 Å². The van der Waals surface area contributed by atoms with Crippen molar-refractivity contribution < 1.29 is 23.1 Å². The average molecular weight is 401 g/mol. The van der Waals surface area contributed by atoms with Gasteiger partial charge in [-0.2, -0.15) is 0 Å². The lowest BCUT2D eigenvalue weighted by Crippen LogP contribution is -2.34. The van der Waals surface area contributed by atoms with Crippen LogP contribution < -0.4 is 4.57 Å². The molecule has 1 heterocycles. The third kappa shape index (κ3) is 14.9. The molecule has 0 saturated carbocycles. The molecule has 0 fully saturated rings. The van der Waals surface area contributed by atoms with Gasteiger partial charge in [0.1, 0.15) is 6.61 Å². The van der Waals surface area contributed by atoms with Crippen molar-refractivity contribution in [1.29, 1.82) is 0 Å². The van der Waals surface area contributed by atoms with E-state index in [-0.39, 0.29) is 13.2 Å². The molecule has 1 unspecified atom stereocenters. The summed E-state index contributed by atoms with van der Waals surface area (Å²) in [7, 11) is -3.93. The predicted molar refractivity (Wildman–Crippen MR) is 109 cm³/mol. The molecular weight excluding hydrogens is 361 g/mol. The third-order valence-corrected chi connectivity index (χ3v) is 5.65. The van der Waals surface area contributed by atoms with Crippen LogP contribution in [0.1, 0.15) is 84.0 Å². The van der Waals surface area contributed by atoms with Gasteiger partial charge in [-0.25, -0.2) is 9.13 Å². The molecule has 0 aliphatic rings. The van der Waals surface area contributed by atoms with Gasteiger partial charge in [0.05, 0.1) is 6.61 Å². The summed E-state index contributed by atoms with van der Waals surface area (Å²) in [4.78, 5) is 9.67. The van der Waals surface area contributed by atoms with Crippen LogP contribution in [0.25, 0.3) is 0 Å². The molecule has 0 spiro atoms. The van der Waals surface area contributed by atoms with Crippen LogP contribution in [0, 0.1) is 0 Å². The predicted octanol–water partition coefficient (Wildman–Crippen LogP) is 5.81. The first-order chi connectivity index (χ1) is 13.1. The Bertz CT molecular complexity index is 498. The first-order valence-corrected chi connectivity index (χ1v) is 12.2. The minimum Gasteiger partial charge on any atom is -0.302 e. The van der Waals surface area contributed by atoms with Gasteiger partial charge in [-0.1, -0.05) is 83.6 Å². The van der Waals surface area contributed by atoms with Crippen LogP contribution in [-0.2, 0) is 20.2 Å². The maximum atomic E-state index is 11.8. The van der Waals surface area contributed by atoms with Gasteiger partial charge in [0.25, 0.3) is 0 Å². The Morgan fingerprint density at radius 3 is 1.78 bits per heavy atom. The fraction of sp³-hybridized carbons (Fsp3) is 0.762. The van der Waals surface area contributed by atoms with E-state index in [0.717, 1.165) is 12.8 Å². The van der Waals surface area contributed by atoms with Crippen LogP contribution in [0.3, 0.4) is 0 Å². The van der Waals surface area contributed by atoms with E-state index in [1.54, 1.807) is 0 Å². The molecular formula is C21H39NO4P+. The van der Waals surface area contributed by atoms with Crippen LogP contribution >= 0.6 is 7.82 Å². The summed E-state index contributed by atoms with van der Waals surface area (Å²) in [5, 5.41) is 0.